The SMILES string of the molecule is COC(=O)/C=C/c1ccc(OCc2nc(-c3cccc(Cl)c3)no2)c(OC)c1. The summed E-state index contributed by atoms with van der Waals surface area (Å²) in [5, 5.41) is 4.53. The van der Waals surface area contributed by atoms with Gasteiger partial charge in [0.05, 0.1) is 14.2 Å². The fourth-order valence-electron chi connectivity index (χ4n) is 2.34. The highest BCUT2D eigenvalue weighted by Crippen LogP contribution is 2.29. The molecule has 28 heavy (non-hydrogen) atoms. The van der Waals surface area contributed by atoms with Crippen LogP contribution in [0.2, 0.25) is 5.02 Å². The fourth-order valence-corrected chi connectivity index (χ4v) is 2.53. The van der Waals surface area contributed by atoms with E-state index in [1.165, 1.54) is 20.3 Å². The molecular formula is C20H17ClN2O5. The number of benzene rings is 2. The number of nitrogens with zero attached hydrogens (tertiary/aromatic N) is 2. The van der Waals surface area contributed by atoms with Crippen molar-refractivity contribution in [3.63, 3.8) is 0 Å². The predicted octanol–water partition coefficient (Wildman–Crippen LogP) is 4.16. The van der Waals surface area contributed by atoms with E-state index >= 15 is 0 Å². The Morgan fingerprint density at radius 3 is 2.79 bits per heavy atom. The summed E-state index contributed by atoms with van der Waals surface area (Å²) in [4.78, 5) is 15.5. The van der Waals surface area contributed by atoms with E-state index in [1.54, 1.807) is 36.4 Å². The van der Waals surface area contributed by atoms with Gasteiger partial charge >= 0.3 is 5.97 Å². The number of methoxy groups -OCH3 is 2. The average Bonchev–Trinajstić information content (AvgIpc) is 3.19. The summed E-state index contributed by atoms with van der Waals surface area (Å²) in [6.07, 6.45) is 2.94. The summed E-state index contributed by atoms with van der Waals surface area (Å²) in [5.74, 6) is 1.30. The fraction of sp³-hybridized carbons (Fsp3) is 0.150. The van der Waals surface area contributed by atoms with Crippen molar-refractivity contribution in [2.24, 2.45) is 0 Å². The summed E-state index contributed by atoms with van der Waals surface area (Å²) in [5.41, 5.74) is 1.51. The zero-order valence-corrected chi connectivity index (χ0v) is 16.0. The van der Waals surface area contributed by atoms with Crippen LogP contribution in [-0.2, 0) is 16.1 Å². The van der Waals surface area contributed by atoms with Crippen LogP contribution in [-0.4, -0.2) is 30.3 Å². The van der Waals surface area contributed by atoms with Gasteiger partial charge in [0.1, 0.15) is 0 Å². The molecule has 0 aliphatic rings. The lowest BCUT2D eigenvalue weighted by Crippen LogP contribution is -1.98. The van der Waals surface area contributed by atoms with Crippen LogP contribution in [0.25, 0.3) is 17.5 Å². The smallest absolute Gasteiger partial charge is 0.330 e. The molecule has 0 amide bonds. The minimum absolute atomic E-state index is 0.0707. The van der Waals surface area contributed by atoms with E-state index in [0.29, 0.717) is 28.2 Å². The molecule has 144 valence electrons. The third-order valence-corrected chi connectivity index (χ3v) is 3.94. The molecule has 1 heterocycles. The number of hydrogen-bond donors (Lipinski definition) is 0. The van der Waals surface area contributed by atoms with Gasteiger partial charge in [-0.3, -0.25) is 0 Å². The maximum Gasteiger partial charge on any atom is 0.330 e. The van der Waals surface area contributed by atoms with Crippen molar-refractivity contribution in [2.45, 2.75) is 6.61 Å². The molecular weight excluding hydrogens is 384 g/mol. The van der Waals surface area contributed by atoms with Crippen LogP contribution >= 0.6 is 11.6 Å². The normalized spacial score (nSPS) is 10.8. The number of carbonyl (C=O) groups excluding carboxylic acids is 1. The second kappa shape index (κ2) is 9.05. The number of ether oxygens (including phenoxy) is 3. The molecule has 0 aliphatic carbocycles. The topological polar surface area (TPSA) is 83.7 Å². The molecule has 0 bridgehead atoms. The second-order valence-electron chi connectivity index (χ2n) is 5.58. The Labute approximate surface area is 166 Å². The van der Waals surface area contributed by atoms with Gasteiger partial charge in [-0.2, -0.15) is 4.98 Å². The molecule has 0 radical (unpaired) electrons. The largest absolute Gasteiger partial charge is 0.493 e. The molecule has 0 saturated heterocycles. The van der Waals surface area contributed by atoms with Crippen LogP contribution < -0.4 is 9.47 Å². The molecule has 3 aromatic rings. The van der Waals surface area contributed by atoms with Gasteiger partial charge in [0.25, 0.3) is 5.89 Å². The van der Waals surface area contributed by atoms with Crippen molar-refractivity contribution in [2.75, 3.05) is 14.2 Å². The molecule has 3 rings (SSSR count). The van der Waals surface area contributed by atoms with E-state index in [4.69, 9.17) is 25.6 Å². The Morgan fingerprint density at radius 2 is 2.04 bits per heavy atom. The van der Waals surface area contributed by atoms with Gasteiger partial charge in [0, 0.05) is 16.7 Å². The zero-order chi connectivity index (χ0) is 19.9. The average molecular weight is 401 g/mol. The van der Waals surface area contributed by atoms with Crippen molar-refractivity contribution in [1.82, 2.24) is 10.1 Å². The van der Waals surface area contributed by atoms with Crippen molar-refractivity contribution >= 4 is 23.6 Å². The first-order valence-electron chi connectivity index (χ1n) is 8.24. The van der Waals surface area contributed by atoms with Gasteiger partial charge in [-0.15, -0.1) is 0 Å². The number of halogens is 1. The van der Waals surface area contributed by atoms with Crippen LogP contribution in [0.1, 0.15) is 11.5 Å². The van der Waals surface area contributed by atoms with Crippen molar-refractivity contribution in [3.05, 3.63) is 65.0 Å². The predicted molar refractivity (Wildman–Crippen MR) is 103 cm³/mol. The number of rotatable bonds is 7. The van der Waals surface area contributed by atoms with Gasteiger partial charge in [-0.05, 0) is 35.9 Å². The molecule has 8 heteroatoms. The Bertz CT molecular complexity index is 1000. The molecule has 2 aromatic carbocycles. The minimum atomic E-state index is -0.439. The highest BCUT2D eigenvalue weighted by Gasteiger charge is 2.11. The molecule has 0 unspecified atom stereocenters. The number of hydrogen-bond acceptors (Lipinski definition) is 7. The summed E-state index contributed by atoms with van der Waals surface area (Å²) in [6, 6.07) is 12.4. The number of aromatic nitrogens is 2. The molecule has 7 nitrogen and oxygen atoms in total. The van der Waals surface area contributed by atoms with Crippen LogP contribution in [0.5, 0.6) is 11.5 Å². The summed E-state index contributed by atoms with van der Waals surface area (Å²) in [6.45, 7) is 0.0707. The van der Waals surface area contributed by atoms with Gasteiger partial charge in [-0.1, -0.05) is 35.0 Å². The van der Waals surface area contributed by atoms with E-state index < -0.39 is 5.97 Å². The van der Waals surface area contributed by atoms with Crippen LogP contribution in [0.15, 0.2) is 53.1 Å². The second-order valence-corrected chi connectivity index (χ2v) is 6.01. The Morgan fingerprint density at radius 1 is 1.18 bits per heavy atom. The van der Waals surface area contributed by atoms with Gasteiger partial charge in [-0.25, -0.2) is 4.79 Å². The molecule has 1 aromatic heterocycles. The maximum absolute atomic E-state index is 11.2. The first kappa shape index (κ1) is 19.4. The Balaban J connectivity index is 1.69. The third-order valence-electron chi connectivity index (χ3n) is 3.70. The van der Waals surface area contributed by atoms with Crippen LogP contribution in [0.4, 0.5) is 0 Å². The van der Waals surface area contributed by atoms with Crippen molar-refractivity contribution in [3.8, 4) is 22.9 Å². The standard InChI is InChI=1S/C20H17ClN2O5/c1-25-17-10-13(7-9-19(24)26-2)6-8-16(17)27-12-18-22-20(23-28-18)14-4-3-5-15(21)11-14/h3-11H,12H2,1-2H3/b9-7+. The highest BCUT2D eigenvalue weighted by atomic mass is 35.5. The number of carbonyl (C=O) groups is 1. The molecule has 0 fully saturated rings. The van der Waals surface area contributed by atoms with E-state index in [1.807, 2.05) is 12.1 Å². The quantitative estimate of drug-likeness (QED) is 0.434. The minimum Gasteiger partial charge on any atom is -0.493 e. The third kappa shape index (κ3) is 4.89. The first-order valence-corrected chi connectivity index (χ1v) is 8.62. The zero-order valence-electron chi connectivity index (χ0n) is 15.2. The lowest BCUT2D eigenvalue weighted by molar-refractivity contribution is -0.134. The van der Waals surface area contributed by atoms with Crippen LogP contribution in [0.3, 0.4) is 0 Å². The molecule has 0 saturated carbocycles. The van der Waals surface area contributed by atoms with Crippen molar-refractivity contribution < 1.29 is 23.5 Å². The van der Waals surface area contributed by atoms with Gasteiger partial charge in [0.2, 0.25) is 5.82 Å². The van der Waals surface area contributed by atoms with E-state index in [-0.39, 0.29) is 6.61 Å². The Kier molecular flexibility index (Phi) is 6.29. The summed E-state index contributed by atoms with van der Waals surface area (Å²) in [7, 11) is 2.85. The van der Waals surface area contributed by atoms with Gasteiger partial charge < -0.3 is 18.7 Å². The highest BCUT2D eigenvalue weighted by molar-refractivity contribution is 6.30. The summed E-state index contributed by atoms with van der Waals surface area (Å²) < 4.78 is 20.9. The van der Waals surface area contributed by atoms with Crippen molar-refractivity contribution in [1.29, 1.82) is 0 Å². The van der Waals surface area contributed by atoms with E-state index in [0.717, 1.165) is 11.1 Å². The lowest BCUT2D eigenvalue weighted by Gasteiger charge is -2.09. The molecule has 0 N–H and O–H groups in total. The Hall–Kier alpha value is -3.32. The van der Waals surface area contributed by atoms with E-state index in [2.05, 4.69) is 14.9 Å². The van der Waals surface area contributed by atoms with Crippen LogP contribution in [0, 0.1) is 0 Å². The van der Waals surface area contributed by atoms with Gasteiger partial charge in [0.15, 0.2) is 18.1 Å². The molecule has 0 aliphatic heterocycles. The molecule has 0 atom stereocenters. The lowest BCUT2D eigenvalue weighted by atomic mass is 10.2. The molecule has 0 spiro atoms. The first-order chi connectivity index (χ1) is 13.6. The monoisotopic (exact) mass is 400 g/mol. The maximum atomic E-state index is 11.2. The van der Waals surface area contributed by atoms with E-state index in [9.17, 15) is 4.79 Å². The number of esters is 1. The summed E-state index contributed by atoms with van der Waals surface area (Å²) >= 11 is 5.98.